The number of piperidine rings is 3. The highest BCUT2D eigenvalue weighted by atomic mass is 32.1. The molecule has 0 radical (unpaired) electrons. The van der Waals surface area contributed by atoms with Crippen molar-refractivity contribution in [2.24, 2.45) is 11.8 Å². The molecule has 2 bridgehead atoms. The molecule has 44 heavy (non-hydrogen) atoms. The van der Waals surface area contributed by atoms with E-state index in [-0.39, 0.29) is 12.0 Å². The lowest BCUT2D eigenvalue weighted by atomic mass is 9.82. The number of benzene rings is 1. The molecule has 1 saturated carbocycles. The minimum absolute atomic E-state index is 0.0383. The van der Waals surface area contributed by atoms with Crippen molar-refractivity contribution in [3.63, 3.8) is 0 Å². The Morgan fingerprint density at radius 3 is 2.32 bits per heavy atom. The van der Waals surface area contributed by atoms with Gasteiger partial charge in [0.25, 0.3) is 0 Å². The number of carboxylic acid groups (broad SMARTS) is 1. The van der Waals surface area contributed by atoms with Crippen molar-refractivity contribution in [3.05, 3.63) is 51.7 Å². The van der Waals surface area contributed by atoms with Gasteiger partial charge in [0.05, 0.1) is 26.2 Å². The van der Waals surface area contributed by atoms with E-state index in [0.717, 1.165) is 92.8 Å². The van der Waals surface area contributed by atoms with Crippen LogP contribution in [0.2, 0.25) is 0 Å². The average Bonchev–Trinajstić information content (AvgIpc) is 3.75. The minimum Gasteiger partial charge on any atom is -0.542 e. The summed E-state index contributed by atoms with van der Waals surface area (Å²) in [6.07, 6.45) is 6.82. The molecule has 2 aliphatic carbocycles. The summed E-state index contributed by atoms with van der Waals surface area (Å²) < 4.78 is 45.0. The van der Waals surface area contributed by atoms with Crippen molar-refractivity contribution in [3.8, 4) is 5.75 Å². The van der Waals surface area contributed by atoms with Crippen LogP contribution in [-0.4, -0.2) is 66.6 Å². The summed E-state index contributed by atoms with van der Waals surface area (Å²) in [6, 6.07) is 10.5. The van der Waals surface area contributed by atoms with Crippen molar-refractivity contribution in [2.45, 2.75) is 88.5 Å². The summed E-state index contributed by atoms with van der Waals surface area (Å²) >= 11 is 1.47. The fourth-order valence-corrected chi connectivity index (χ4v) is 8.48. The molecule has 0 amide bonds. The van der Waals surface area contributed by atoms with Gasteiger partial charge >= 0.3 is 12.1 Å². The number of rotatable bonds is 9. The van der Waals surface area contributed by atoms with Crippen LogP contribution in [0.3, 0.4) is 0 Å². The molecule has 2 aromatic rings. The molecule has 0 spiro atoms. The van der Waals surface area contributed by atoms with Crippen molar-refractivity contribution in [1.82, 2.24) is 0 Å². The van der Waals surface area contributed by atoms with E-state index >= 15 is 0 Å². The van der Waals surface area contributed by atoms with E-state index in [4.69, 9.17) is 19.4 Å². The molecule has 5 aliphatic rings. The van der Waals surface area contributed by atoms with Crippen molar-refractivity contribution < 1.29 is 46.9 Å². The molecule has 2 atom stereocenters. The maximum Gasteiger partial charge on any atom is 0.430 e. The Morgan fingerprint density at radius 2 is 1.68 bits per heavy atom. The van der Waals surface area contributed by atoms with Gasteiger partial charge in [-0.2, -0.15) is 13.2 Å². The number of nitrogens with zero attached hydrogens (tertiary/aromatic N) is 1. The van der Waals surface area contributed by atoms with Crippen molar-refractivity contribution >= 4 is 23.3 Å². The summed E-state index contributed by atoms with van der Waals surface area (Å²) in [5.41, 5.74) is 1.46. The number of esters is 1. The topological polar surface area (TPSA) is 95.9 Å². The Labute approximate surface area is 260 Å². The summed E-state index contributed by atoms with van der Waals surface area (Å²) in [5, 5.41) is 22.5. The number of quaternary nitrogens is 1. The molecule has 1 aromatic heterocycles. The molecule has 7 nitrogen and oxygen atoms in total. The van der Waals surface area contributed by atoms with Crippen LogP contribution < -0.4 is 9.84 Å². The molecule has 0 unspecified atom stereocenters. The fourth-order valence-electron chi connectivity index (χ4n) is 7.59. The molecular weight excluding hydrogens is 595 g/mol. The quantitative estimate of drug-likeness (QED) is 0.238. The van der Waals surface area contributed by atoms with Crippen LogP contribution >= 0.6 is 11.3 Å². The second-order valence-electron chi connectivity index (χ2n) is 12.8. The highest BCUT2D eigenvalue weighted by molar-refractivity contribution is 7.10. The van der Waals surface area contributed by atoms with Gasteiger partial charge < -0.3 is 29.0 Å². The Bertz CT molecular complexity index is 1270. The van der Waals surface area contributed by atoms with Crippen LogP contribution in [0.25, 0.3) is 0 Å². The Kier molecular flexibility index (Phi) is 10.3. The van der Waals surface area contributed by atoms with Crippen molar-refractivity contribution in [2.75, 3.05) is 32.8 Å². The number of halogens is 3. The Hall–Kier alpha value is -2.63. The van der Waals surface area contributed by atoms with Gasteiger partial charge in [-0.1, -0.05) is 25.0 Å². The maximum absolute atomic E-state index is 13.6. The van der Waals surface area contributed by atoms with Gasteiger partial charge in [0, 0.05) is 36.0 Å². The monoisotopic (exact) mass is 637 g/mol. The molecule has 11 heteroatoms. The van der Waals surface area contributed by atoms with E-state index < -0.39 is 23.7 Å². The molecule has 3 saturated heterocycles. The first-order valence-corrected chi connectivity index (χ1v) is 16.7. The van der Waals surface area contributed by atoms with Crippen LogP contribution in [-0.2, 0) is 32.8 Å². The largest absolute Gasteiger partial charge is 0.542 e. The summed E-state index contributed by atoms with van der Waals surface area (Å²) in [5.74, 6) is -2.03. The van der Waals surface area contributed by atoms with Crippen LogP contribution in [0.15, 0.2) is 35.7 Å². The van der Waals surface area contributed by atoms with Crippen LogP contribution in [0.5, 0.6) is 5.75 Å². The third-order valence-corrected chi connectivity index (χ3v) is 11.0. The van der Waals surface area contributed by atoms with Crippen LogP contribution in [0.4, 0.5) is 13.2 Å². The average molecular weight is 638 g/mol. The molecule has 4 heterocycles. The summed E-state index contributed by atoms with van der Waals surface area (Å²) in [6.45, 7) is 4.99. The van der Waals surface area contributed by atoms with Gasteiger partial charge in [-0.15, -0.1) is 11.3 Å². The lowest BCUT2D eigenvalue weighted by molar-refractivity contribution is -0.946. The number of carbonyl (C=O) groups is 2. The first-order chi connectivity index (χ1) is 21.0. The zero-order chi connectivity index (χ0) is 31.4. The maximum atomic E-state index is 13.6. The third-order valence-electron chi connectivity index (χ3n) is 10.1. The summed E-state index contributed by atoms with van der Waals surface area (Å²) in [4.78, 5) is 23.2. The zero-order valence-corrected chi connectivity index (χ0v) is 25.8. The van der Waals surface area contributed by atoms with E-state index in [0.29, 0.717) is 5.92 Å². The Balaban J connectivity index is 0.000000493. The molecule has 1 aromatic carbocycles. The van der Waals surface area contributed by atoms with Gasteiger partial charge in [-0.05, 0) is 73.2 Å². The number of fused-ring (bicyclic) bond motifs is 4. The number of thiophene rings is 1. The van der Waals surface area contributed by atoms with E-state index in [2.05, 4.69) is 18.2 Å². The Morgan fingerprint density at radius 1 is 1.00 bits per heavy atom. The lowest BCUT2D eigenvalue weighted by Crippen LogP contribution is -2.65. The fraction of sp³-hybridized carbons (Fsp3) is 0.636. The minimum atomic E-state index is -5.19. The van der Waals surface area contributed by atoms with Gasteiger partial charge in [0.1, 0.15) is 18.3 Å². The normalized spacial score (nSPS) is 26.2. The second kappa shape index (κ2) is 13.8. The van der Waals surface area contributed by atoms with E-state index in [1.807, 2.05) is 17.5 Å². The van der Waals surface area contributed by atoms with Gasteiger partial charge in [-0.3, -0.25) is 0 Å². The number of carboxylic acids is 1. The van der Waals surface area contributed by atoms with Gasteiger partial charge in [0.15, 0.2) is 11.7 Å². The highest BCUT2D eigenvalue weighted by Gasteiger charge is 2.53. The zero-order valence-electron chi connectivity index (χ0n) is 25.0. The smallest absolute Gasteiger partial charge is 0.430 e. The van der Waals surface area contributed by atoms with E-state index in [1.54, 1.807) is 0 Å². The van der Waals surface area contributed by atoms with Gasteiger partial charge in [0.2, 0.25) is 0 Å². The number of aryl methyl sites for hydroxylation is 2. The van der Waals surface area contributed by atoms with Crippen LogP contribution in [0.1, 0.15) is 73.8 Å². The standard InChI is InChI=1S/C31H42NO4S.C2HF3O2/c33-30(31(34,26-9-3-4-10-26)29-11-5-20-37-29)36-28-22-32(17-14-24(28)15-18-32)16-6-19-35-27-13-12-23-7-1-2-8-25(23)21-27;3-2(4,5)1(6)7/h5,11-13,20-21,24,26,28,34H,1-4,6-10,14-19,22H2;(H,6,7)/q+1;/p-1/t24?,28-,31+,32?;/m0./s1. The number of ether oxygens (including phenoxy) is 2. The predicted octanol–water partition coefficient (Wildman–Crippen LogP) is 4.92. The molecule has 242 valence electrons. The third kappa shape index (κ3) is 7.42. The number of aliphatic hydroxyl groups is 1. The van der Waals surface area contributed by atoms with Crippen molar-refractivity contribution in [1.29, 1.82) is 0 Å². The van der Waals surface area contributed by atoms with E-state index in [1.165, 1.54) is 48.1 Å². The summed E-state index contributed by atoms with van der Waals surface area (Å²) in [7, 11) is 0. The van der Waals surface area contributed by atoms with Crippen LogP contribution in [0, 0.1) is 11.8 Å². The number of hydrogen-bond donors (Lipinski definition) is 1. The van der Waals surface area contributed by atoms with Gasteiger partial charge in [-0.25, -0.2) is 4.79 Å². The molecule has 7 rings (SSSR count). The number of aliphatic carboxylic acids is 1. The first kappa shape index (κ1) is 32.8. The van der Waals surface area contributed by atoms with E-state index in [9.17, 15) is 23.1 Å². The lowest BCUT2D eigenvalue weighted by Gasteiger charge is -2.52. The molecule has 1 N–H and O–H groups in total. The number of alkyl halides is 3. The second-order valence-corrected chi connectivity index (χ2v) is 13.8. The first-order valence-electron chi connectivity index (χ1n) is 15.9. The number of hydrogen-bond acceptors (Lipinski definition) is 7. The molecular formula is C33H42F3NO6S. The SMILES string of the molecule is O=C(O[C@H]1C[N+]2(CCCOc3ccc4c(c3)CCCC4)CCC1CC2)[C@](O)(c1cccs1)C1CCCC1.O=C([O-])C(F)(F)F. The predicted molar refractivity (Wildman–Crippen MR) is 157 cm³/mol. The molecule has 3 aliphatic heterocycles. The number of carbonyl (C=O) groups excluding carboxylic acids is 2. The molecule has 4 fully saturated rings. The highest BCUT2D eigenvalue weighted by Crippen LogP contribution is 2.44.